The van der Waals surface area contributed by atoms with Crippen LogP contribution in [0.3, 0.4) is 0 Å². The van der Waals surface area contributed by atoms with Gasteiger partial charge in [0.1, 0.15) is 0 Å². The third-order valence-electron chi connectivity index (χ3n) is 2.32. The maximum Gasteiger partial charge on any atom is 0.317 e. The summed E-state index contributed by atoms with van der Waals surface area (Å²) in [7, 11) is 0. The third kappa shape index (κ3) is 3.61. The molecule has 0 fully saturated rings. The molecule has 0 atom stereocenters. The summed E-state index contributed by atoms with van der Waals surface area (Å²) in [6.07, 6.45) is 4.22. The number of thiazole rings is 1. The van der Waals surface area contributed by atoms with Gasteiger partial charge in [-0.3, -0.25) is 9.78 Å². The zero-order valence-electron chi connectivity index (χ0n) is 9.67. The fourth-order valence-corrected chi connectivity index (χ4v) is 2.28. The summed E-state index contributed by atoms with van der Waals surface area (Å²) in [6.45, 7) is 0.609. The predicted octanol–water partition coefficient (Wildman–Crippen LogP) is 1.42. The molecular formula is C12H13N3O2S. The molecule has 0 saturated carbocycles. The van der Waals surface area contributed by atoms with Gasteiger partial charge in [-0.05, 0) is 12.1 Å². The second-order valence-corrected chi connectivity index (χ2v) is 4.63. The molecule has 5 nitrogen and oxygen atoms in total. The topological polar surface area (TPSA) is 75.1 Å². The first-order valence-electron chi connectivity index (χ1n) is 5.53. The molecule has 2 heterocycles. The molecule has 2 aromatic heterocycles. The van der Waals surface area contributed by atoms with Crippen LogP contribution in [0.15, 0.2) is 29.9 Å². The molecule has 0 spiro atoms. The summed E-state index contributed by atoms with van der Waals surface area (Å²) in [4.78, 5) is 18.8. The zero-order chi connectivity index (χ0) is 12.8. The van der Waals surface area contributed by atoms with Gasteiger partial charge in [0.25, 0.3) is 0 Å². The molecule has 94 valence electrons. The second-order valence-electron chi connectivity index (χ2n) is 3.68. The highest BCUT2D eigenvalue weighted by atomic mass is 32.1. The monoisotopic (exact) mass is 263 g/mol. The molecule has 2 rings (SSSR count). The maximum absolute atomic E-state index is 10.3. The van der Waals surface area contributed by atoms with Gasteiger partial charge in [-0.25, -0.2) is 4.98 Å². The van der Waals surface area contributed by atoms with E-state index in [4.69, 9.17) is 5.11 Å². The van der Waals surface area contributed by atoms with Crippen LogP contribution in [-0.4, -0.2) is 34.1 Å². The average Bonchev–Trinajstić information content (AvgIpc) is 2.84. The van der Waals surface area contributed by atoms with Crippen LogP contribution >= 0.6 is 11.3 Å². The van der Waals surface area contributed by atoms with Gasteiger partial charge in [-0.15, -0.1) is 11.3 Å². The SMILES string of the molecule is O=C(O)CNCCc1nc(-c2ccncc2)cs1. The highest BCUT2D eigenvalue weighted by Crippen LogP contribution is 2.20. The van der Waals surface area contributed by atoms with E-state index in [0.29, 0.717) is 6.54 Å². The van der Waals surface area contributed by atoms with Crippen molar-refractivity contribution in [3.05, 3.63) is 34.9 Å². The van der Waals surface area contributed by atoms with E-state index in [0.717, 1.165) is 22.7 Å². The lowest BCUT2D eigenvalue weighted by atomic mass is 10.2. The molecule has 0 aliphatic rings. The summed E-state index contributed by atoms with van der Waals surface area (Å²) < 4.78 is 0. The van der Waals surface area contributed by atoms with Gasteiger partial charge in [0.05, 0.1) is 17.2 Å². The number of carboxylic acids is 1. The minimum Gasteiger partial charge on any atom is -0.480 e. The quantitative estimate of drug-likeness (QED) is 0.771. The number of carbonyl (C=O) groups is 1. The summed E-state index contributed by atoms with van der Waals surface area (Å²) >= 11 is 1.58. The van der Waals surface area contributed by atoms with Gasteiger partial charge in [0.2, 0.25) is 0 Å². The molecule has 0 aliphatic carbocycles. The van der Waals surface area contributed by atoms with Crippen molar-refractivity contribution < 1.29 is 9.90 Å². The number of aromatic nitrogens is 2. The van der Waals surface area contributed by atoms with Gasteiger partial charge in [0, 0.05) is 36.3 Å². The van der Waals surface area contributed by atoms with Crippen molar-refractivity contribution in [2.45, 2.75) is 6.42 Å². The largest absolute Gasteiger partial charge is 0.480 e. The molecule has 6 heteroatoms. The molecule has 0 radical (unpaired) electrons. The van der Waals surface area contributed by atoms with Gasteiger partial charge >= 0.3 is 5.97 Å². The van der Waals surface area contributed by atoms with E-state index in [-0.39, 0.29) is 6.54 Å². The van der Waals surface area contributed by atoms with Crippen molar-refractivity contribution in [3.63, 3.8) is 0 Å². The Morgan fingerprint density at radius 1 is 1.39 bits per heavy atom. The predicted molar refractivity (Wildman–Crippen MR) is 69.6 cm³/mol. The summed E-state index contributed by atoms with van der Waals surface area (Å²) in [5, 5.41) is 14.3. The fourth-order valence-electron chi connectivity index (χ4n) is 1.47. The Bertz CT molecular complexity index is 513. The molecule has 0 amide bonds. The Morgan fingerprint density at radius 3 is 2.89 bits per heavy atom. The lowest BCUT2D eigenvalue weighted by Gasteiger charge is -1.98. The number of aliphatic carboxylic acids is 1. The van der Waals surface area contributed by atoms with Gasteiger partial charge in [0.15, 0.2) is 0 Å². The molecular weight excluding hydrogens is 250 g/mol. The Hall–Kier alpha value is -1.79. The Balaban J connectivity index is 1.89. The van der Waals surface area contributed by atoms with E-state index in [1.54, 1.807) is 23.7 Å². The molecule has 18 heavy (non-hydrogen) atoms. The third-order valence-corrected chi connectivity index (χ3v) is 3.23. The minimum absolute atomic E-state index is 0.0113. The number of nitrogens with zero attached hydrogens (tertiary/aromatic N) is 2. The highest BCUT2D eigenvalue weighted by molar-refractivity contribution is 7.09. The summed E-state index contributed by atoms with van der Waals surface area (Å²) in [6, 6.07) is 3.84. The second kappa shape index (κ2) is 6.23. The number of nitrogens with one attached hydrogen (secondary N) is 1. The van der Waals surface area contributed by atoms with Crippen molar-refractivity contribution in [2.24, 2.45) is 0 Å². The number of carboxylic acid groups (broad SMARTS) is 1. The van der Waals surface area contributed by atoms with Crippen LogP contribution < -0.4 is 5.32 Å². The molecule has 0 bridgehead atoms. The number of hydrogen-bond acceptors (Lipinski definition) is 5. The lowest BCUT2D eigenvalue weighted by molar-refractivity contribution is -0.135. The van der Waals surface area contributed by atoms with Crippen LogP contribution in [0.25, 0.3) is 11.3 Å². The number of rotatable bonds is 6. The molecule has 2 N–H and O–H groups in total. The van der Waals surface area contributed by atoms with Crippen molar-refractivity contribution >= 4 is 17.3 Å². The van der Waals surface area contributed by atoms with Crippen molar-refractivity contribution in [3.8, 4) is 11.3 Å². The molecule has 0 aliphatic heterocycles. The Labute approximate surface area is 109 Å². The first-order valence-corrected chi connectivity index (χ1v) is 6.41. The maximum atomic E-state index is 10.3. The summed E-state index contributed by atoms with van der Waals surface area (Å²) in [5.74, 6) is -0.841. The molecule has 0 saturated heterocycles. The molecule has 2 aromatic rings. The van der Waals surface area contributed by atoms with Crippen molar-refractivity contribution in [2.75, 3.05) is 13.1 Å². The number of hydrogen-bond donors (Lipinski definition) is 2. The fraction of sp³-hybridized carbons (Fsp3) is 0.250. The first-order chi connectivity index (χ1) is 8.75. The normalized spacial score (nSPS) is 10.4. The van der Waals surface area contributed by atoms with Crippen molar-refractivity contribution in [1.82, 2.24) is 15.3 Å². The Kier molecular flexibility index (Phi) is 4.38. The smallest absolute Gasteiger partial charge is 0.317 e. The van der Waals surface area contributed by atoms with Gasteiger partial charge in [-0.1, -0.05) is 0 Å². The molecule has 0 aromatic carbocycles. The van der Waals surface area contributed by atoms with Crippen LogP contribution in [0.1, 0.15) is 5.01 Å². The molecule has 0 unspecified atom stereocenters. The van der Waals surface area contributed by atoms with E-state index in [9.17, 15) is 4.79 Å². The van der Waals surface area contributed by atoms with E-state index in [1.165, 1.54) is 0 Å². The summed E-state index contributed by atoms with van der Waals surface area (Å²) in [5.41, 5.74) is 1.99. The van der Waals surface area contributed by atoms with Crippen LogP contribution in [0, 0.1) is 0 Å². The average molecular weight is 263 g/mol. The van der Waals surface area contributed by atoms with Crippen LogP contribution in [-0.2, 0) is 11.2 Å². The van der Waals surface area contributed by atoms with E-state index >= 15 is 0 Å². The van der Waals surface area contributed by atoms with E-state index in [2.05, 4.69) is 15.3 Å². The standard InChI is InChI=1S/C12H13N3O2S/c16-12(17)7-14-6-3-11-15-10(8-18-11)9-1-4-13-5-2-9/h1-2,4-5,8,14H,3,6-7H2,(H,16,17). The van der Waals surface area contributed by atoms with Gasteiger partial charge < -0.3 is 10.4 Å². The van der Waals surface area contributed by atoms with Gasteiger partial charge in [-0.2, -0.15) is 0 Å². The lowest BCUT2D eigenvalue weighted by Crippen LogP contribution is -2.24. The van der Waals surface area contributed by atoms with Crippen LogP contribution in [0.5, 0.6) is 0 Å². The van der Waals surface area contributed by atoms with Crippen LogP contribution in [0.2, 0.25) is 0 Å². The van der Waals surface area contributed by atoms with E-state index < -0.39 is 5.97 Å². The zero-order valence-corrected chi connectivity index (χ0v) is 10.5. The number of pyridine rings is 1. The van der Waals surface area contributed by atoms with Crippen LogP contribution in [0.4, 0.5) is 0 Å². The van der Waals surface area contributed by atoms with Crippen molar-refractivity contribution in [1.29, 1.82) is 0 Å². The first kappa shape index (κ1) is 12.7. The Morgan fingerprint density at radius 2 is 2.17 bits per heavy atom. The minimum atomic E-state index is -0.841. The van der Waals surface area contributed by atoms with E-state index in [1.807, 2.05) is 17.5 Å². The highest BCUT2D eigenvalue weighted by Gasteiger charge is 2.04.